The number of benzene rings is 2. The molecule has 0 saturated heterocycles. The molecule has 0 fully saturated rings. The van der Waals surface area contributed by atoms with Crippen molar-refractivity contribution in [2.75, 3.05) is 0 Å². The Morgan fingerprint density at radius 3 is 2.52 bits per heavy atom. The van der Waals surface area contributed by atoms with Gasteiger partial charge in [-0.25, -0.2) is 9.18 Å². The normalized spacial score (nSPS) is 10.2. The van der Waals surface area contributed by atoms with E-state index in [1.54, 1.807) is 0 Å². The quantitative estimate of drug-likeness (QED) is 0.661. The monoisotopic (exact) mass is 355 g/mol. The van der Waals surface area contributed by atoms with E-state index < -0.39 is 16.7 Å². The van der Waals surface area contributed by atoms with Gasteiger partial charge in [-0.15, -0.1) is 0 Å². The zero-order chi connectivity index (χ0) is 15.6. The summed E-state index contributed by atoms with van der Waals surface area (Å²) < 4.78 is 19.4. The van der Waals surface area contributed by atoms with Crippen LogP contribution >= 0.6 is 15.9 Å². The van der Waals surface area contributed by atoms with Crippen molar-refractivity contribution in [1.29, 1.82) is 0 Å². The molecule has 0 heterocycles. The second kappa shape index (κ2) is 5.88. The van der Waals surface area contributed by atoms with Crippen LogP contribution in [0.25, 0.3) is 0 Å². The van der Waals surface area contributed by atoms with Crippen LogP contribution in [0.4, 0.5) is 10.1 Å². The van der Waals surface area contributed by atoms with Gasteiger partial charge in [-0.05, 0) is 40.2 Å². The molecular formula is C13H7BrFNO5. The van der Waals surface area contributed by atoms with E-state index in [9.17, 15) is 19.3 Å². The number of carboxylic acid groups (broad SMARTS) is 1. The molecule has 2 aromatic carbocycles. The van der Waals surface area contributed by atoms with Gasteiger partial charge in [0.2, 0.25) is 0 Å². The average Bonchev–Trinajstić information content (AvgIpc) is 2.42. The van der Waals surface area contributed by atoms with Crippen LogP contribution in [0, 0.1) is 15.9 Å². The van der Waals surface area contributed by atoms with Crippen molar-refractivity contribution < 1.29 is 24.0 Å². The third-order valence-electron chi connectivity index (χ3n) is 2.52. The zero-order valence-corrected chi connectivity index (χ0v) is 11.8. The van der Waals surface area contributed by atoms with Crippen LogP contribution in [0.2, 0.25) is 0 Å². The Kier molecular flexibility index (Phi) is 4.18. The molecule has 0 aliphatic carbocycles. The van der Waals surface area contributed by atoms with E-state index in [0.717, 1.165) is 18.2 Å². The highest BCUT2D eigenvalue weighted by Crippen LogP contribution is 2.34. The summed E-state index contributed by atoms with van der Waals surface area (Å²) in [5, 5.41) is 19.4. The minimum atomic E-state index is -1.27. The number of aromatic carboxylic acids is 1. The van der Waals surface area contributed by atoms with Gasteiger partial charge in [-0.3, -0.25) is 10.1 Å². The number of nitro benzene ring substituents is 1. The van der Waals surface area contributed by atoms with Crippen LogP contribution in [0.15, 0.2) is 40.9 Å². The summed E-state index contributed by atoms with van der Waals surface area (Å²) in [5.74, 6) is -2.34. The molecule has 0 aromatic heterocycles. The Morgan fingerprint density at radius 2 is 1.95 bits per heavy atom. The van der Waals surface area contributed by atoms with Crippen LogP contribution < -0.4 is 4.74 Å². The number of hydrogen-bond donors (Lipinski definition) is 1. The van der Waals surface area contributed by atoms with E-state index >= 15 is 0 Å². The summed E-state index contributed by atoms with van der Waals surface area (Å²) in [6.07, 6.45) is 0. The van der Waals surface area contributed by atoms with Crippen LogP contribution in [0.3, 0.4) is 0 Å². The molecule has 2 aromatic rings. The molecule has 8 heteroatoms. The number of halogens is 2. The second-order valence-corrected chi connectivity index (χ2v) is 4.78. The van der Waals surface area contributed by atoms with Crippen molar-refractivity contribution >= 4 is 27.6 Å². The summed E-state index contributed by atoms with van der Waals surface area (Å²) in [7, 11) is 0. The topological polar surface area (TPSA) is 89.7 Å². The number of nitrogens with zero attached hydrogens (tertiary/aromatic N) is 1. The Balaban J connectivity index is 2.36. The number of carboxylic acids is 1. The smallest absolute Gasteiger partial charge is 0.335 e. The van der Waals surface area contributed by atoms with Crippen molar-refractivity contribution in [2.45, 2.75) is 0 Å². The maximum atomic E-state index is 13.7. The number of ether oxygens (including phenoxy) is 1. The van der Waals surface area contributed by atoms with Crippen molar-refractivity contribution in [3.05, 3.63) is 62.4 Å². The number of non-ortho nitro benzene ring substituents is 1. The first-order valence-corrected chi connectivity index (χ1v) is 6.32. The molecule has 21 heavy (non-hydrogen) atoms. The van der Waals surface area contributed by atoms with Gasteiger partial charge >= 0.3 is 5.97 Å². The molecule has 6 nitrogen and oxygen atoms in total. The number of rotatable bonds is 4. The molecule has 0 aliphatic heterocycles. The van der Waals surface area contributed by atoms with Crippen LogP contribution in [-0.4, -0.2) is 16.0 Å². The van der Waals surface area contributed by atoms with Gasteiger partial charge < -0.3 is 9.84 Å². The molecule has 108 valence electrons. The number of hydrogen-bond acceptors (Lipinski definition) is 4. The van der Waals surface area contributed by atoms with Gasteiger partial charge in [0, 0.05) is 6.07 Å². The van der Waals surface area contributed by atoms with Crippen LogP contribution in [0.5, 0.6) is 11.5 Å². The maximum Gasteiger partial charge on any atom is 0.335 e. The molecule has 0 amide bonds. The van der Waals surface area contributed by atoms with Gasteiger partial charge in [-0.1, -0.05) is 0 Å². The van der Waals surface area contributed by atoms with Gasteiger partial charge in [0.15, 0.2) is 11.6 Å². The van der Waals surface area contributed by atoms with E-state index in [1.165, 1.54) is 18.2 Å². The van der Waals surface area contributed by atoms with Crippen molar-refractivity contribution in [3.63, 3.8) is 0 Å². The summed E-state index contributed by atoms with van der Waals surface area (Å²) in [4.78, 5) is 20.8. The molecule has 2 rings (SSSR count). The van der Waals surface area contributed by atoms with Crippen LogP contribution in [-0.2, 0) is 0 Å². The number of carbonyl (C=O) groups is 1. The maximum absolute atomic E-state index is 13.7. The van der Waals surface area contributed by atoms with Gasteiger partial charge in [0.05, 0.1) is 21.0 Å². The lowest BCUT2D eigenvalue weighted by atomic mass is 10.2. The first-order chi connectivity index (χ1) is 9.88. The summed E-state index contributed by atoms with van der Waals surface area (Å²) in [6, 6.07) is 6.92. The lowest BCUT2D eigenvalue weighted by Gasteiger charge is -2.09. The highest BCUT2D eigenvalue weighted by Gasteiger charge is 2.14. The molecule has 0 atom stereocenters. The van der Waals surface area contributed by atoms with E-state index in [-0.39, 0.29) is 22.7 Å². The summed E-state index contributed by atoms with van der Waals surface area (Å²) >= 11 is 3.14. The SMILES string of the molecule is O=C(O)c1ccc(Oc2cc([N+](=O)[O-])ccc2Br)c(F)c1. The number of nitro groups is 1. The Morgan fingerprint density at radius 1 is 1.24 bits per heavy atom. The Bertz CT molecular complexity index is 734. The van der Waals surface area contributed by atoms with Gasteiger partial charge in [-0.2, -0.15) is 0 Å². The second-order valence-electron chi connectivity index (χ2n) is 3.92. The summed E-state index contributed by atoms with van der Waals surface area (Å²) in [5.41, 5.74) is -0.436. The predicted molar refractivity (Wildman–Crippen MR) is 74.2 cm³/mol. The molecule has 0 radical (unpaired) electrons. The predicted octanol–water partition coefficient (Wildman–Crippen LogP) is 3.99. The lowest BCUT2D eigenvalue weighted by Crippen LogP contribution is -1.98. The van der Waals surface area contributed by atoms with E-state index in [4.69, 9.17) is 9.84 Å². The zero-order valence-electron chi connectivity index (χ0n) is 10.2. The Labute approximate surface area is 126 Å². The molecule has 0 bridgehead atoms. The lowest BCUT2D eigenvalue weighted by molar-refractivity contribution is -0.384. The molecular weight excluding hydrogens is 349 g/mol. The molecule has 0 spiro atoms. The average molecular weight is 356 g/mol. The molecule has 0 unspecified atom stereocenters. The van der Waals surface area contributed by atoms with E-state index in [2.05, 4.69) is 15.9 Å². The fourth-order valence-electron chi connectivity index (χ4n) is 1.52. The first kappa shape index (κ1) is 14.9. The third-order valence-corrected chi connectivity index (χ3v) is 3.18. The van der Waals surface area contributed by atoms with E-state index in [1.807, 2.05) is 0 Å². The van der Waals surface area contributed by atoms with Crippen molar-refractivity contribution in [1.82, 2.24) is 0 Å². The van der Waals surface area contributed by atoms with Gasteiger partial charge in [0.1, 0.15) is 5.75 Å². The minimum absolute atomic E-state index is 0.0474. The van der Waals surface area contributed by atoms with Gasteiger partial charge in [0.25, 0.3) is 5.69 Å². The van der Waals surface area contributed by atoms with E-state index in [0.29, 0.717) is 4.47 Å². The first-order valence-electron chi connectivity index (χ1n) is 5.53. The fourth-order valence-corrected chi connectivity index (χ4v) is 1.85. The van der Waals surface area contributed by atoms with Crippen molar-refractivity contribution in [3.8, 4) is 11.5 Å². The largest absolute Gasteiger partial charge is 0.478 e. The molecule has 1 N–H and O–H groups in total. The molecule has 0 aliphatic rings. The third kappa shape index (κ3) is 3.34. The molecule has 0 saturated carbocycles. The highest BCUT2D eigenvalue weighted by molar-refractivity contribution is 9.10. The van der Waals surface area contributed by atoms with Crippen molar-refractivity contribution in [2.24, 2.45) is 0 Å². The fraction of sp³-hybridized carbons (Fsp3) is 0. The minimum Gasteiger partial charge on any atom is -0.478 e. The Hall–Kier alpha value is -2.48. The van der Waals surface area contributed by atoms with Crippen LogP contribution in [0.1, 0.15) is 10.4 Å². The standard InChI is InChI=1S/C13H7BrFNO5/c14-9-3-2-8(16(19)20)6-12(9)21-11-4-1-7(13(17)18)5-10(11)15/h1-6H,(H,17,18). The summed E-state index contributed by atoms with van der Waals surface area (Å²) in [6.45, 7) is 0. The highest BCUT2D eigenvalue weighted by atomic mass is 79.9.